The molecule has 0 unspecified atom stereocenters. The summed E-state index contributed by atoms with van der Waals surface area (Å²) in [5.41, 5.74) is 1.18. The lowest BCUT2D eigenvalue weighted by atomic mass is 10.2. The Bertz CT molecular complexity index is 440. The van der Waals surface area contributed by atoms with Crippen LogP contribution in [0.2, 0.25) is 19.6 Å². The van der Waals surface area contributed by atoms with Crippen LogP contribution >= 0.6 is 0 Å². The fourth-order valence-electron chi connectivity index (χ4n) is 2.22. The molecular weight excluding hydrogens is 282 g/mol. The topological polar surface area (TPSA) is 38.8 Å². The summed E-state index contributed by atoms with van der Waals surface area (Å²) >= 11 is 0. The highest BCUT2D eigenvalue weighted by Gasteiger charge is 2.21. The maximum absolute atomic E-state index is 11.8. The van der Waals surface area contributed by atoms with Gasteiger partial charge in [-0.15, -0.1) is 0 Å². The van der Waals surface area contributed by atoms with Crippen molar-refractivity contribution in [3.8, 4) is 5.75 Å². The van der Waals surface area contributed by atoms with Crippen LogP contribution in [0.3, 0.4) is 0 Å². The number of rotatable bonds is 8. The Morgan fingerprint density at radius 3 is 2.29 bits per heavy atom. The van der Waals surface area contributed by atoms with Crippen molar-refractivity contribution in [1.29, 1.82) is 0 Å². The van der Waals surface area contributed by atoms with Crippen LogP contribution in [0.25, 0.3) is 0 Å². The van der Waals surface area contributed by atoms with Gasteiger partial charge in [0, 0.05) is 6.54 Å². The van der Waals surface area contributed by atoms with Gasteiger partial charge in [-0.2, -0.15) is 0 Å². The van der Waals surface area contributed by atoms with E-state index in [4.69, 9.17) is 9.47 Å². The van der Waals surface area contributed by atoms with Crippen molar-refractivity contribution >= 4 is 14.0 Å². The number of carbonyl (C=O) groups excluding carboxylic acids is 1. The minimum Gasteiger partial charge on any atom is -0.497 e. The van der Waals surface area contributed by atoms with Gasteiger partial charge in [0.1, 0.15) is 5.75 Å². The Morgan fingerprint density at radius 2 is 1.81 bits per heavy atom. The van der Waals surface area contributed by atoms with Crippen molar-refractivity contribution in [1.82, 2.24) is 4.90 Å². The Morgan fingerprint density at radius 1 is 1.19 bits per heavy atom. The van der Waals surface area contributed by atoms with Crippen LogP contribution in [0.5, 0.6) is 5.75 Å². The van der Waals surface area contributed by atoms with E-state index < -0.39 is 8.07 Å². The van der Waals surface area contributed by atoms with E-state index in [1.807, 2.05) is 31.2 Å². The third-order valence-corrected chi connectivity index (χ3v) is 4.32. The van der Waals surface area contributed by atoms with Crippen molar-refractivity contribution in [3.05, 3.63) is 29.8 Å². The molecule has 0 spiro atoms. The molecule has 0 aliphatic rings. The molecule has 1 aromatic rings. The number of nitrogens with zero attached hydrogens (tertiary/aromatic N) is 1. The van der Waals surface area contributed by atoms with Crippen LogP contribution in [0.1, 0.15) is 12.5 Å². The van der Waals surface area contributed by atoms with Gasteiger partial charge < -0.3 is 9.47 Å². The molecular formula is C16H27NO3Si. The summed E-state index contributed by atoms with van der Waals surface area (Å²) in [5, 5.41) is 0. The molecule has 0 saturated heterocycles. The van der Waals surface area contributed by atoms with E-state index in [0.29, 0.717) is 13.2 Å². The monoisotopic (exact) mass is 309 g/mol. The molecule has 0 aliphatic carbocycles. The second-order valence-electron chi connectivity index (χ2n) is 6.36. The van der Waals surface area contributed by atoms with E-state index in [0.717, 1.165) is 18.5 Å². The summed E-state index contributed by atoms with van der Waals surface area (Å²) in [5.74, 6) is 0.699. The van der Waals surface area contributed by atoms with Crippen LogP contribution in [-0.2, 0) is 16.1 Å². The normalized spacial score (nSPS) is 11.5. The van der Waals surface area contributed by atoms with Crippen LogP contribution in [-0.4, -0.2) is 45.4 Å². The number of ether oxygens (including phenoxy) is 2. The maximum Gasteiger partial charge on any atom is 0.320 e. The summed E-state index contributed by atoms with van der Waals surface area (Å²) in [6.07, 6.45) is 0.970. The fourth-order valence-corrected chi connectivity index (χ4v) is 3.78. The van der Waals surface area contributed by atoms with E-state index in [2.05, 4.69) is 24.5 Å². The average Bonchev–Trinajstić information content (AvgIpc) is 2.37. The third kappa shape index (κ3) is 7.29. The van der Waals surface area contributed by atoms with Crippen molar-refractivity contribution < 1.29 is 14.3 Å². The molecule has 118 valence electrons. The lowest BCUT2D eigenvalue weighted by molar-refractivity contribution is -0.144. The number of esters is 1. The largest absolute Gasteiger partial charge is 0.497 e. The zero-order valence-corrected chi connectivity index (χ0v) is 14.8. The maximum atomic E-state index is 11.8. The SMILES string of the molecule is CCOC(=O)CN(Cc1ccc(OC)cc1)C[Si](C)(C)C. The van der Waals surface area contributed by atoms with E-state index >= 15 is 0 Å². The fraction of sp³-hybridized carbons (Fsp3) is 0.562. The van der Waals surface area contributed by atoms with Gasteiger partial charge in [-0.05, 0) is 30.8 Å². The Hall–Kier alpha value is -1.33. The van der Waals surface area contributed by atoms with Gasteiger partial charge in [0.05, 0.1) is 28.3 Å². The van der Waals surface area contributed by atoms with E-state index in [-0.39, 0.29) is 5.97 Å². The van der Waals surface area contributed by atoms with Gasteiger partial charge in [0.25, 0.3) is 0 Å². The minimum atomic E-state index is -1.29. The highest BCUT2D eigenvalue weighted by atomic mass is 28.3. The van der Waals surface area contributed by atoms with Gasteiger partial charge in [0.2, 0.25) is 0 Å². The van der Waals surface area contributed by atoms with Gasteiger partial charge in [-0.3, -0.25) is 9.69 Å². The lowest BCUT2D eigenvalue weighted by Crippen LogP contribution is -2.42. The minimum absolute atomic E-state index is 0.149. The molecule has 4 nitrogen and oxygen atoms in total. The van der Waals surface area contributed by atoms with Gasteiger partial charge in [0.15, 0.2) is 0 Å². The van der Waals surface area contributed by atoms with Crippen LogP contribution in [0, 0.1) is 0 Å². The highest BCUT2D eigenvalue weighted by Crippen LogP contribution is 2.14. The number of carbonyl (C=O) groups is 1. The first kappa shape index (κ1) is 17.7. The number of methoxy groups -OCH3 is 1. The molecule has 0 heterocycles. The zero-order valence-electron chi connectivity index (χ0n) is 13.8. The molecule has 0 bridgehead atoms. The van der Waals surface area contributed by atoms with E-state index in [9.17, 15) is 4.79 Å². The molecule has 1 rings (SSSR count). The number of benzene rings is 1. The Balaban J connectivity index is 2.72. The first-order valence-corrected chi connectivity index (χ1v) is 11.1. The molecule has 0 aliphatic heterocycles. The van der Waals surface area contributed by atoms with Crippen molar-refractivity contribution in [2.45, 2.75) is 33.1 Å². The summed E-state index contributed by atoms with van der Waals surface area (Å²) in [4.78, 5) is 13.9. The molecule has 21 heavy (non-hydrogen) atoms. The Labute approximate surface area is 129 Å². The standard InChI is InChI=1S/C16H27NO3Si/c1-6-20-16(18)12-17(13-21(3,4)5)11-14-7-9-15(19-2)10-8-14/h7-10H,6,11-13H2,1-5H3. The molecule has 0 atom stereocenters. The van der Waals surface area contributed by atoms with Crippen LogP contribution < -0.4 is 4.74 Å². The quantitative estimate of drug-likeness (QED) is 0.547. The zero-order chi connectivity index (χ0) is 15.9. The van der Waals surface area contributed by atoms with Gasteiger partial charge in [-0.25, -0.2) is 0 Å². The third-order valence-electron chi connectivity index (χ3n) is 2.92. The first-order chi connectivity index (χ1) is 9.84. The predicted molar refractivity (Wildman–Crippen MR) is 88.3 cm³/mol. The predicted octanol–water partition coefficient (Wildman–Crippen LogP) is 2.94. The molecule has 5 heteroatoms. The van der Waals surface area contributed by atoms with Crippen molar-refractivity contribution in [2.24, 2.45) is 0 Å². The average molecular weight is 309 g/mol. The molecule has 0 saturated carbocycles. The summed E-state index contributed by atoms with van der Waals surface area (Å²) in [7, 11) is 0.372. The van der Waals surface area contributed by atoms with Gasteiger partial charge >= 0.3 is 5.97 Å². The van der Waals surface area contributed by atoms with E-state index in [1.54, 1.807) is 7.11 Å². The molecule has 0 fully saturated rings. The summed E-state index contributed by atoms with van der Waals surface area (Å²) in [6, 6.07) is 7.99. The van der Waals surface area contributed by atoms with E-state index in [1.165, 1.54) is 5.56 Å². The second kappa shape index (κ2) is 8.19. The van der Waals surface area contributed by atoms with Crippen molar-refractivity contribution in [2.75, 3.05) is 26.4 Å². The molecule has 1 aromatic carbocycles. The molecule has 0 amide bonds. The molecule has 0 radical (unpaired) electrons. The highest BCUT2D eigenvalue weighted by molar-refractivity contribution is 6.76. The molecule has 0 aromatic heterocycles. The number of hydrogen-bond donors (Lipinski definition) is 0. The van der Waals surface area contributed by atoms with Crippen LogP contribution in [0.4, 0.5) is 0 Å². The van der Waals surface area contributed by atoms with Crippen LogP contribution in [0.15, 0.2) is 24.3 Å². The van der Waals surface area contributed by atoms with Crippen molar-refractivity contribution in [3.63, 3.8) is 0 Å². The molecule has 0 N–H and O–H groups in total. The summed E-state index contributed by atoms with van der Waals surface area (Å²) < 4.78 is 10.2. The lowest BCUT2D eigenvalue weighted by Gasteiger charge is -2.28. The van der Waals surface area contributed by atoms with Gasteiger partial charge in [-0.1, -0.05) is 31.8 Å². The second-order valence-corrected chi connectivity index (χ2v) is 11.8. The number of hydrogen-bond acceptors (Lipinski definition) is 4. The first-order valence-electron chi connectivity index (χ1n) is 7.35. The smallest absolute Gasteiger partial charge is 0.320 e. The Kier molecular flexibility index (Phi) is 6.91. The summed E-state index contributed by atoms with van der Waals surface area (Å²) in [6.45, 7) is 10.3.